The molecule has 0 aliphatic heterocycles. The normalized spacial score (nSPS) is 14.2. The zero-order valence-electron chi connectivity index (χ0n) is 34.2. The van der Waals surface area contributed by atoms with Gasteiger partial charge in [0.15, 0.2) is 0 Å². The minimum atomic E-state index is 0.128. The molecule has 1 aliphatic carbocycles. The van der Waals surface area contributed by atoms with Gasteiger partial charge in [0.25, 0.3) is 0 Å². The second-order valence-electron chi connectivity index (χ2n) is 17.3. The first kappa shape index (κ1) is 36.5. The van der Waals surface area contributed by atoms with E-state index in [1.54, 1.807) is 0 Å². The maximum absolute atomic E-state index is 6.26. The Balaban J connectivity index is 0.968. The summed E-state index contributed by atoms with van der Waals surface area (Å²) in [7, 11) is 0. The second-order valence-corrected chi connectivity index (χ2v) is 17.3. The lowest BCUT2D eigenvalue weighted by atomic mass is 9.63. The van der Waals surface area contributed by atoms with Crippen molar-refractivity contribution in [2.45, 2.75) is 51.4 Å². The van der Waals surface area contributed by atoms with Gasteiger partial charge in [0.1, 0.15) is 11.2 Å². The molecule has 0 N–H and O–H groups in total. The van der Waals surface area contributed by atoms with Crippen LogP contribution in [0.4, 0.5) is 34.1 Å². The first-order chi connectivity index (χ1) is 28.7. The van der Waals surface area contributed by atoms with Gasteiger partial charge in [-0.2, -0.15) is 0 Å². The molecule has 0 spiro atoms. The Kier molecular flexibility index (Phi) is 8.98. The van der Waals surface area contributed by atoms with Crippen molar-refractivity contribution in [1.29, 1.82) is 0 Å². The molecule has 10 rings (SSSR count). The number of rotatable bonds is 8. The second kappa shape index (κ2) is 14.5. The molecule has 1 aliphatic rings. The number of furan rings is 1. The third-order valence-corrected chi connectivity index (χ3v) is 12.5. The molecule has 0 saturated heterocycles. The molecule has 59 heavy (non-hydrogen) atoms. The Bertz CT molecular complexity index is 2920. The van der Waals surface area contributed by atoms with Crippen LogP contribution >= 0.6 is 0 Å². The quantitative estimate of drug-likeness (QED) is 0.154. The molecule has 8 aromatic carbocycles. The number of anilines is 6. The van der Waals surface area contributed by atoms with Gasteiger partial charge in [0.2, 0.25) is 0 Å². The fraction of sp³-hybridized carbons (Fsp3) is 0.143. The number of hydrogen-bond acceptors (Lipinski definition) is 3. The van der Waals surface area contributed by atoms with Crippen LogP contribution < -0.4 is 9.80 Å². The van der Waals surface area contributed by atoms with Gasteiger partial charge in [0, 0.05) is 44.9 Å². The van der Waals surface area contributed by atoms with E-state index in [2.05, 4.69) is 219 Å². The standard InChI is InChI=1S/C56H48N2O/c1-55(2)34-35-56(3,4)52-38-48(31-33-51(52)55)58(44-17-9-6-10-18-44)46-29-24-40(25-30-46)39-22-27-45(28-23-39)57(43-15-7-5-8-16-43)47-19-13-14-41(36-47)42-26-32-50-49-20-11-12-21-53(49)59-54(50)37-42/h5-33,36-38H,34-35H2,1-4H3. The summed E-state index contributed by atoms with van der Waals surface area (Å²) in [6.45, 7) is 9.59. The molecule has 1 heterocycles. The van der Waals surface area contributed by atoms with E-state index in [9.17, 15) is 0 Å². The van der Waals surface area contributed by atoms with Crippen LogP contribution in [0.15, 0.2) is 199 Å². The molecule has 0 bridgehead atoms. The zero-order chi connectivity index (χ0) is 40.1. The lowest BCUT2D eigenvalue weighted by Crippen LogP contribution is -2.34. The summed E-state index contributed by atoms with van der Waals surface area (Å²) in [6, 6.07) is 70.0. The van der Waals surface area contributed by atoms with E-state index in [0.29, 0.717) is 0 Å². The predicted octanol–water partition coefficient (Wildman–Crippen LogP) is 16.2. The minimum Gasteiger partial charge on any atom is -0.456 e. The molecule has 0 saturated carbocycles. The van der Waals surface area contributed by atoms with Crippen molar-refractivity contribution in [3.63, 3.8) is 0 Å². The van der Waals surface area contributed by atoms with E-state index < -0.39 is 0 Å². The summed E-state index contributed by atoms with van der Waals surface area (Å²) in [5, 5.41) is 2.28. The molecule has 9 aromatic rings. The van der Waals surface area contributed by atoms with Gasteiger partial charge in [-0.25, -0.2) is 0 Å². The molecule has 0 fully saturated rings. The van der Waals surface area contributed by atoms with E-state index in [1.165, 1.54) is 40.8 Å². The molecule has 3 heteroatoms. The number of fused-ring (bicyclic) bond motifs is 4. The van der Waals surface area contributed by atoms with Crippen LogP contribution in [0.1, 0.15) is 51.7 Å². The SMILES string of the molecule is CC1(C)CCC(C)(C)c2cc(N(c3ccccc3)c3ccc(-c4ccc(N(c5ccccc5)c5cccc(-c6ccc7c(c6)oc6ccccc67)c5)cc4)cc3)ccc21. The van der Waals surface area contributed by atoms with Crippen molar-refractivity contribution >= 4 is 56.1 Å². The zero-order valence-corrected chi connectivity index (χ0v) is 34.2. The van der Waals surface area contributed by atoms with Crippen LogP contribution in [-0.4, -0.2) is 0 Å². The molecular weight excluding hydrogens is 717 g/mol. The Hall–Kier alpha value is -6.84. The van der Waals surface area contributed by atoms with Gasteiger partial charge in [-0.1, -0.05) is 131 Å². The van der Waals surface area contributed by atoms with E-state index in [0.717, 1.165) is 61.5 Å². The summed E-state index contributed by atoms with van der Waals surface area (Å²) in [6.07, 6.45) is 2.39. The number of hydrogen-bond donors (Lipinski definition) is 0. The van der Waals surface area contributed by atoms with Crippen LogP contribution in [-0.2, 0) is 10.8 Å². The largest absolute Gasteiger partial charge is 0.456 e. The maximum atomic E-state index is 6.26. The summed E-state index contributed by atoms with van der Waals surface area (Å²) < 4.78 is 6.26. The minimum absolute atomic E-state index is 0.128. The van der Waals surface area contributed by atoms with Gasteiger partial charge in [-0.05, 0) is 148 Å². The molecule has 3 nitrogen and oxygen atoms in total. The average Bonchev–Trinajstić information content (AvgIpc) is 3.65. The predicted molar refractivity (Wildman–Crippen MR) is 249 cm³/mol. The van der Waals surface area contributed by atoms with Crippen molar-refractivity contribution in [3.8, 4) is 22.3 Å². The fourth-order valence-corrected chi connectivity index (χ4v) is 9.10. The van der Waals surface area contributed by atoms with Crippen molar-refractivity contribution < 1.29 is 4.42 Å². The van der Waals surface area contributed by atoms with E-state index in [4.69, 9.17) is 4.42 Å². The first-order valence-corrected chi connectivity index (χ1v) is 20.8. The lowest BCUT2D eigenvalue weighted by Gasteiger charge is -2.42. The third-order valence-electron chi connectivity index (χ3n) is 12.5. The van der Waals surface area contributed by atoms with Gasteiger partial charge >= 0.3 is 0 Å². The molecule has 0 amide bonds. The molecule has 0 unspecified atom stereocenters. The smallest absolute Gasteiger partial charge is 0.136 e. The monoisotopic (exact) mass is 764 g/mol. The van der Waals surface area contributed by atoms with Crippen molar-refractivity contribution in [3.05, 3.63) is 205 Å². The van der Waals surface area contributed by atoms with Gasteiger partial charge in [-0.15, -0.1) is 0 Å². The number of para-hydroxylation sites is 3. The Morgan fingerprint density at radius 2 is 0.797 bits per heavy atom. The van der Waals surface area contributed by atoms with E-state index >= 15 is 0 Å². The summed E-state index contributed by atoms with van der Waals surface area (Å²) in [4.78, 5) is 4.72. The Morgan fingerprint density at radius 1 is 0.339 bits per heavy atom. The van der Waals surface area contributed by atoms with Gasteiger partial charge < -0.3 is 14.2 Å². The number of nitrogens with zero attached hydrogens (tertiary/aromatic N) is 2. The number of benzene rings is 8. The first-order valence-electron chi connectivity index (χ1n) is 20.8. The molecule has 0 radical (unpaired) electrons. The highest BCUT2D eigenvalue weighted by molar-refractivity contribution is 6.06. The van der Waals surface area contributed by atoms with E-state index in [-0.39, 0.29) is 10.8 Å². The van der Waals surface area contributed by atoms with Crippen molar-refractivity contribution in [1.82, 2.24) is 0 Å². The highest BCUT2D eigenvalue weighted by Crippen LogP contribution is 2.48. The van der Waals surface area contributed by atoms with Crippen LogP contribution in [0, 0.1) is 0 Å². The van der Waals surface area contributed by atoms with Crippen LogP contribution in [0.3, 0.4) is 0 Å². The van der Waals surface area contributed by atoms with Crippen molar-refractivity contribution in [2.24, 2.45) is 0 Å². The lowest BCUT2D eigenvalue weighted by molar-refractivity contribution is 0.332. The fourth-order valence-electron chi connectivity index (χ4n) is 9.10. The highest BCUT2D eigenvalue weighted by Gasteiger charge is 2.37. The third kappa shape index (κ3) is 6.77. The molecule has 0 atom stereocenters. The topological polar surface area (TPSA) is 19.6 Å². The molecule has 288 valence electrons. The molecular formula is C56H48N2O. The Morgan fingerprint density at radius 3 is 1.42 bits per heavy atom. The highest BCUT2D eigenvalue weighted by atomic mass is 16.3. The van der Waals surface area contributed by atoms with E-state index in [1.807, 2.05) is 12.1 Å². The van der Waals surface area contributed by atoms with Gasteiger partial charge in [0.05, 0.1) is 0 Å². The molecule has 1 aromatic heterocycles. The summed E-state index contributed by atoms with van der Waals surface area (Å²) >= 11 is 0. The van der Waals surface area contributed by atoms with Crippen LogP contribution in [0.25, 0.3) is 44.2 Å². The summed E-state index contributed by atoms with van der Waals surface area (Å²) in [5.41, 5.74) is 16.4. The Labute approximate surface area is 347 Å². The average molecular weight is 765 g/mol. The summed E-state index contributed by atoms with van der Waals surface area (Å²) in [5.74, 6) is 0. The maximum Gasteiger partial charge on any atom is 0.136 e. The van der Waals surface area contributed by atoms with Crippen molar-refractivity contribution in [2.75, 3.05) is 9.80 Å². The van der Waals surface area contributed by atoms with Crippen LogP contribution in [0.5, 0.6) is 0 Å². The van der Waals surface area contributed by atoms with Crippen LogP contribution in [0.2, 0.25) is 0 Å². The van der Waals surface area contributed by atoms with Gasteiger partial charge in [-0.3, -0.25) is 0 Å².